The van der Waals surface area contributed by atoms with E-state index in [9.17, 15) is 9.90 Å². The first kappa shape index (κ1) is 23.6. The van der Waals surface area contributed by atoms with Gasteiger partial charge in [-0.3, -0.25) is 0 Å². The van der Waals surface area contributed by atoms with Crippen LogP contribution < -0.4 is 9.47 Å². The molecule has 0 radical (unpaired) electrons. The molecule has 162 valence electrons. The monoisotopic (exact) mass is 588 g/mol. The van der Waals surface area contributed by atoms with Crippen molar-refractivity contribution >= 4 is 67.3 Å². The first-order valence-electron chi connectivity index (χ1n) is 8.74. The largest absolute Gasteiger partial charge is 0.496 e. The third-order valence-corrected chi connectivity index (χ3v) is 5.95. The molecule has 0 saturated heterocycles. The SMILES string of the molecule is CCOc1c(Br)cc(Br)cc1/C=C(\Sc1nnc(-c2cc(Cl)ccc2OC)o1)C(=O)O. The number of hydrogen-bond donors (Lipinski definition) is 1. The number of hydrogen-bond acceptors (Lipinski definition) is 7. The third kappa shape index (κ3) is 5.82. The second-order valence-electron chi connectivity index (χ2n) is 5.87. The van der Waals surface area contributed by atoms with Gasteiger partial charge in [-0.25, -0.2) is 4.79 Å². The summed E-state index contributed by atoms with van der Waals surface area (Å²) in [7, 11) is 1.51. The molecule has 11 heteroatoms. The molecule has 3 rings (SSSR count). The van der Waals surface area contributed by atoms with Crippen LogP contribution in [-0.4, -0.2) is 35.0 Å². The average molecular weight is 591 g/mol. The molecule has 0 aliphatic carbocycles. The molecule has 0 unspecified atom stereocenters. The quantitative estimate of drug-likeness (QED) is 0.234. The average Bonchev–Trinajstić information content (AvgIpc) is 3.18. The van der Waals surface area contributed by atoms with Crippen LogP contribution >= 0.6 is 55.2 Å². The van der Waals surface area contributed by atoms with E-state index in [1.807, 2.05) is 13.0 Å². The van der Waals surface area contributed by atoms with E-state index in [1.54, 1.807) is 24.3 Å². The number of methoxy groups -OCH3 is 1. The summed E-state index contributed by atoms with van der Waals surface area (Å²) in [6.45, 7) is 2.27. The van der Waals surface area contributed by atoms with Gasteiger partial charge in [0.25, 0.3) is 11.1 Å². The smallest absolute Gasteiger partial charge is 0.342 e. The van der Waals surface area contributed by atoms with Crippen molar-refractivity contribution < 1.29 is 23.8 Å². The highest BCUT2D eigenvalue weighted by atomic mass is 79.9. The Balaban J connectivity index is 1.96. The number of thioether (sulfide) groups is 1. The number of aliphatic carboxylic acids is 1. The molecule has 0 aliphatic heterocycles. The minimum Gasteiger partial charge on any atom is -0.496 e. The molecule has 1 N–H and O–H groups in total. The molecule has 7 nitrogen and oxygen atoms in total. The molecule has 0 spiro atoms. The summed E-state index contributed by atoms with van der Waals surface area (Å²) in [4.78, 5) is 11.9. The van der Waals surface area contributed by atoms with Crippen molar-refractivity contribution in [1.82, 2.24) is 10.2 Å². The molecular formula is C20H15Br2ClN2O5S. The van der Waals surface area contributed by atoms with Gasteiger partial charge in [0.05, 0.1) is 23.8 Å². The number of carboxylic acid groups (broad SMARTS) is 1. The van der Waals surface area contributed by atoms with Crippen LogP contribution in [0.25, 0.3) is 17.5 Å². The molecule has 31 heavy (non-hydrogen) atoms. The number of rotatable bonds is 8. The maximum absolute atomic E-state index is 11.9. The highest BCUT2D eigenvalue weighted by molar-refractivity contribution is 9.11. The van der Waals surface area contributed by atoms with Gasteiger partial charge in [-0.1, -0.05) is 27.5 Å². The number of halogens is 3. The Morgan fingerprint density at radius 2 is 2.06 bits per heavy atom. The van der Waals surface area contributed by atoms with Crippen LogP contribution in [0.4, 0.5) is 0 Å². The Labute approximate surface area is 204 Å². The third-order valence-electron chi connectivity index (χ3n) is 3.82. The number of aromatic nitrogens is 2. The number of nitrogens with zero attached hydrogens (tertiary/aromatic N) is 2. The Kier molecular flexibility index (Phi) is 8.04. The van der Waals surface area contributed by atoms with Crippen LogP contribution in [0.2, 0.25) is 5.02 Å². The molecule has 2 aromatic carbocycles. The van der Waals surface area contributed by atoms with Crippen LogP contribution in [0.15, 0.2) is 53.8 Å². The topological polar surface area (TPSA) is 94.7 Å². The van der Waals surface area contributed by atoms with E-state index in [2.05, 4.69) is 42.1 Å². The van der Waals surface area contributed by atoms with Crippen LogP contribution in [0.5, 0.6) is 11.5 Å². The first-order chi connectivity index (χ1) is 14.8. The minimum absolute atomic E-state index is 0.0285. The van der Waals surface area contributed by atoms with Crippen molar-refractivity contribution in [2.45, 2.75) is 12.1 Å². The minimum atomic E-state index is -1.15. The molecule has 0 aliphatic rings. The van der Waals surface area contributed by atoms with Crippen LogP contribution in [0, 0.1) is 0 Å². The van der Waals surface area contributed by atoms with Gasteiger partial charge >= 0.3 is 5.97 Å². The van der Waals surface area contributed by atoms with Gasteiger partial charge in [-0.05, 0) is 71.0 Å². The van der Waals surface area contributed by atoms with Crippen molar-refractivity contribution in [3.05, 3.63) is 54.8 Å². The lowest BCUT2D eigenvalue weighted by Gasteiger charge is -2.11. The molecule has 0 amide bonds. The van der Waals surface area contributed by atoms with E-state index >= 15 is 0 Å². The van der Waals surface area contributed by atoms with Gasteiger partial charge in [0.2, 0.25) is 0 Å². The van der Waals surface area contributed by atoms with Gasteiger partial charge in [-0.2, -0.15) is 0 Å². The fourth-order valence-electron chi connectivity index (χ4n) is 2.56. The fraction of sp³-hybridized carbons (Fsp3) is 0.150. The van der Waals surface area contributed by atoms with Crippen LogP contribution in [0.1, 0.15) is 12.5 Å². The summed E-state index contributed by atoms with van der Waals surface area (Å²) < 4.78 is 18.1. The lowest BCUT2D eigenvalue weighted by atomic mass is 10.2. The number of benzene rings is 2. The fourth-order valence-corrected chi connectivity index (χ4v) is 4.77. The Bertz CT molecular complexity index is 1150. The number of carboxylic acids is 1. The lowest BCUT2D eigenvalue weighted by Crippen LogP contribution is -1.99. The predicted molar refractivity (Wildman–Crippen MR) is 126 cm³/mol. The van der Waals surface area contributed by atoms with Gasteiger partial charge in [-0.15, -0.1) is 10.2 Å². The van der Waals surface area contributed by atoms with Gasteiger partial charge < -0.3 is 19.0 Å². The zero-order valence-corrected chi connectivity index (χ0v) is 20.9. The van der Waals surface area contributed by atoms with Crippen LogP contribution in [0.3, 0.4) is 0 Å². The van der Waals surface area contributed by atoms with Crippen molar-refractivity contribution in [2.24, 2.45) is 0 Å². The lowest BCUT2D eigenvalue weighted by molar-refractivity contribution is -0.131. The van der Waals surface area contributed by atoms with Crippen molar-refractivity contribution in [2.75, 3.05) is 13.7 Å². The number of ether oxygens (including phenoxy) is 2. The van der Waals surface area contributed by atoms with Gasteiger partial charge in [0, 0.05) is 15.1 Å². The summed E-state index contributed by atoms with van der Waals surface area (Å²) in [6, 6.07) is 8.56. The van der Waals surface area contributed by atoms with Crippen molar-refractivity contribution in [3.63, 3.8) is 0 Å². The van der Waals surface area contributed by atoms with E-state index in [0.29, 0.717) is 38.7 Å². The van der Waals surface area contributed by atoms with E-state index < -0.39 is 5.97 Å². The highest BCUT2D eigenvalue weighted by Gasteiger charge is 2.19. The highest BCUT2D eigenvalue weighted by Crippen LogP contribution is 2.38. The summed E-state index contributed by atoms with van der Waals surface area (Å²) in [5.41, 5.74) is 1.08. The van der Waals surface area contributed by atoms with Crippen molar-refractivity contribution in [1.29, 1.82) is 0 Å². The summed E-state index contributed by atoms with van der Waals surface area (Å²) >= 11 is 13.7. The Morgan fingerprint density at radius 1 is 1.29 bits per heavy atom. The summed E-state index contributed by atoms with van der Waals surface area (Å²) in [5, 5.41) is 18.2. The predicted octanol–water partition coefficient (Wildman–Crippen LogP) is 6.54. The van der Waals surface area contributed by atoms with E-state index in [4.69, 9.17) is 25.5 Å². The maximum atomic E-state index is 11.9. The van der Waals surface area contributed by atoms with E-state index in [0.717, 1.165) is 16.2 Å². The zero-order chi connectivity index (χ0) is 22.5. The Hall–Kier alpha value is -2.01. The Morgan fingerprint density at radius 3 is 2.74 bits per heavy atom. The van der Waals surface area contributed by atoms with E-state index in [-0.39, 0.29) is 16.0 Å². The molecule has 0 saturated carbocycles. The zero-order valence-electron chi connectivity index (χ0n) is 16.2. The van der Waals surface area contributed by atoms with Gasteiger partial charge in [0.1, 0.15) is 16.4 Å². The standard InChI is InChI=1S/C20H15Br2ClN2O5S/c1-3-29-17-10(6-11(21)8-14(17)22)7-16(19(26)27)31-20-25-24-18(30-20)13-9-12(23)4-5-15(13)28-2/h4-9H,3H2,1-2H3,(H,26,27)/b16-7-. The number of carbonyl (C=O) groups is 1. The molecule has 0 bridgehead atoms. The normalized spacial score (nSPS) is 11.5. The molecular weight excluding hydrogens is 576 g/mol. The summed E-state index contributed by atoms with van der Waals surface area (Å²) in [6.07, 6.45) is 1.48. The summed E-state index contributed by atoms with van der Waals surface area (Å²) in [5.74, 6) is 0.0364. The first-order valence-corrected chi connectivity index (χ1v) is 11.5. The second kappa shape index (κ2) is 10.5. The van der Waals surface area contributed by atoms with E-state index in [1.165, 1.54) is 13.2 Å². The van der Waals surface area contributed by atoms with Crippen LogP contribution in [-0.2, 0) is 4.79 Å². The molecule has 0 fully saturated rings. The molecule has 0 atom stereocenters. The molecule has 1 heterocycles. The van der Waals surface area contributed by atoms with Gasteiger partial charge in [0.15, 0.2) is 0 Å². The van der Waals surface area contributed by atoms with Crippen molar-refractivity contribution in [3.8, 4) is 23.0 Å². The maximum Gasteiger partial charge on any atom is 0.342 e. The molecule has 1 aromatic heterocycles. The second-order valence-corrected chi connectivity index (χ2v) is 9.07. The molecule has 3 aromatic rings.